The van der Waals surface area contributed by atoms with Crippen LogP contribution in [0.2, 0.25) is 0 Å². The molecule has 4 rings (SSSR count). The Bertz CT molecular complexity index is 800. The van der Waals surface area contributed by atoms with E-state index in [1.807, 2.05) is 4.90 Å². The van der Waals surface area contributed by atoms with Gasteiger partial charge in [-0.05, 0) is 54.9 Å². The fourth-order valence-corrected chi connectivity index (χ4v) is 4.73. The van der Waals surface area contributed by atoms with Gasteiger partial charge in [0.05, 0.1) is 0 Å². The molecule has 3 nitrogen and oxygen atoms in total. The third-order valence-electron chi connectivity index (χ3n) is 5.80. The first kappa shape index (κ1) is 18.7. The van der Waals surface area contributed by atoms with Crippen LogP contribution in [0.5, 0.6) is 0 Å². The van der Waals surface area contributed by atoms with Crippen molar-refractivity contribution in [2.75, 3.05) is 31.1 Å². The number of halogens is 1. The van der Waals surface area contributed by atoms with Gasteiger partial charge in [0.25, 0.3) is 0 Å². The maximum atomic E-state index is 12.3. The Morgan fingerprint density at radius 2 is 1.70 bits per heavy atom. The highest BCUT2D eigenvalue weighted by molar-refractivity contribution is 9.10. The van der Waals surface area contributed by atoms with E-state index in [-0.39, 0.29) is 5.91 Å². The molecule has 1 amide bonds. The van der Waals surface area contributed by atoms with Crippen LogP contribution in [0.3, 0.4) is 0 Å². The van der Waals surface area contributed by atoms with Crippen molar-refractivity contribution in [2.24, 2.45) is 5.92 Å². The van der Waals surface area contributed by atoms with Crippen LogP contribution in [0.25, 0.3) is 0 Å². The van der Waals surface area contributed by atoms with Gasteiger partial charge in [-0.25, -0.2) is 0 Å². The molecule has 0 N–H and O–H groups in total. The molecule has 0 saturated carbocycles. The summed E-state index contributed by atoms with van der Waals surface area (Å²) in [6.45, 7) is 4.29. The minimum Gasteiger partial charge on any atom is -0.312 e. The van der Waals surface area contributed by atoms with Gasteiger partial charge >= 0.3 is 0 Å². The summed E-state index contributed by atoms with van der Waals surface area (Å²) in [4.78, 5) is 16.9. The van der Waals surface area contributed by atoms with Gasteiger partial charge in [-0.2, -0.15) is 0 Å². The average Bonchev–Trinajstić information content (AvgIpc) is 2.66. The number of hydrogen-bond donors (Lipinski definition) is 0. The highest BCUT2D eigenvalue weighted by Crippen LogP contribution is 2.28. The second-order valence-electron chi connectivity index (χ2n) is 7.80. The molecule has 0 bridgehead atoms. The van der Waals surface area contributed by atoms with Crippen molar-refractivity contribution in [1.82, 2.24) is 4.90 Å². The normalized spacial score (nSPS) is 18.6. The SMILES string of the molecule is O=C1CCCCN1c1ccccc1CCN1CC(Cc2ccccc2Br)C1. The molecular weight excluding hydrogens is 400 g/mol. The third-order valence-corrected chi connectivity index (χ3v) is 6.58. The molecule has 0 aliphatic carbocycles. The summed E-state index contributed by atoms with van der Waals surface area (Å²) in [6, 6.07) is 17.0. The molecule has 2 aromatic carbocycles. The first-order chi connectivity index (χ1) is 13.2. The van der Waals surface area contributed by atoms with Crippen molar-refractivity contribution in [2.45, 2.75) is 32.1 Å². The highest BCUT2D eigenvalue weighted by atomic mass is 79.9. The molecule has 0 spiro atoms. The largest absolute Gasteiger partial charge is 0.312 e. The maximum Gasteiger partial charge on any atom is 0.226 e. The van der Waals surface area contributed by atoms with E-state index in [9.17, 15) is 4.79 Å². The van der Waals surface area contributed by atoms with Crippen LogP contribution in [-0.2, 0) is 17.6 Å². The van der Waals surface area contributed by atoms with E-state index in [1.165, 1.54) is 28.7 Å². The van der Waals surface area contributed by atoms with Gasteiger partial charge in [0.15, 0.2) is 0 Å². The molecule has 2 saturated heterocycles. The highest BCUT2D eigenvalue weighted by Gasteiger charge is 2.27. The number of likely N-dealkylation sites (tertiary alicyclic amines) is 1. The lowest BCUT2D eigenvalue weighted by Gasteiger charge is -2.40. The Morgan fingerprint density at radius 1 is 0.963 bits per heavy atom. The summed E-state index contributed by atoms with van der Waals surface area (Å²) in [6.07, 6.45) is 5.00. The lowest BCUT2D eigenvalue weighted by molar-refractivity contribution is -0.119. The average molecular weight is 427 g/mol. The van der Waals surface area contributed by atoms with Crippen LogP contribution < -0.4 is 4.90 Å². The Morgan fingerprint density at radius 3 is 2.48 bits per heavy atom. The number of hydrogen-bond acceptors (Lipinski definition) is 2. The van der Waals surface area contributed by atoms with Crippen molar-refractivity contribution >= 4 is 27.5 Å². The van der Waals surface area contributed by atoms with Crippen molar-refractivity contribution in [3.63, 3.8) is 0 Å². The molecule has 0 aromatic heterocycles. The molecule has 0 unspecified atom stereocenters. The van der Waals surface area contributed by atoms with Gasteiger partial charge in [0.2, 0.25) is 5.91 Å². The number of benzene rings is 2. The van der Waals surface area contributed by atoms with Crippen molar-refractivity contribution in [1.29, 1.82) is 0 Å². The quantitative estimate of drug-likeness (QED) is 0.668. The predicted octanol–water partition coefficient (Wildman–Crippen LogP) is 4.68. The first-order valence-electron chi connectivity index (χ1n) is 10.0. The molecule has 4 heteroatoms. The number of anilines is 1. The van der Waals surface area contributed by atoms with E-state index < -0.39 is 0 Å². The zero-order valence-corrected chi connectivity index (χ0v) is 17.3. The molecule has 27 heavy (non-hydrogen) atoms. The van der Waals surface area contributed by atoms with Gasteiger partial charge in [0, 0.05) is 42.8 Å². The summed E-state index contributed by atoms with van der Waals surface area (Å²) >= 11 is 3.66. The minimum atomic E-state index is 0.283. The van der Waals surface area contributed by atoms with E-state index in [0.29, 0.717) is 6.42 Å². The fraction of sp³-hybridized carbons (Fsp3) is 0.435. The lowest BCUT2D eigenvalue weighted by Crippen LogP contribution is -2.48. The van der Waals surface area contributed by atoms with E-state index in [2.05, 4.69) is 69.4 Å². The van der Waals surface area contributed by atoms with Crippen LogP contribution in [0.4, 0.5) is 5.69 Å². The standard InChI is InChI=1S/C23H27BrN2O/c24-21-9-3-1-8-20(21)15-18-16-25(17-18)14-12-19-7-2-4-10-22(19)26-13-6-5-11-23(26)27/h1-4,7-10,18H,5-6,11-17H2. The van der Waals surface area contributed by atoms with Gasteiger partial charge in [-0.1, -0.05) is 52.3 Å². The zero-order valence-electron chi connectivity index (χ0n) is 15.7. The van der Waals surface area contributed by atoms with Crippen LogP contribution in [0.15, 0.2) is 53.0 Å². The Hall–Kier alpha value is -1.65. The van der Waals surface area contributed by atoms with Crippen LogP contribution in [0.1, 0.15) is 30.4 Å². The van der Waals surface area contributed by atoms with Gasteiger partial charge in [-0.15, -0.1) is 0 Å². The first-order valence-corrected chi connectivity index (χ1v) is 10.8. The third kappa shape index (κ3) is 4.44. The summed E-state index contributed by atoms with van der Waals surface area (Å²) in [5, 5.41) is 0. The Labute approximate surface area is 170 Å². The number of rotatable bonds is 6. The van der Waals surface area contributed by atoms with Gasteiger partial charge in [0.1, 0.15) is 0 Å². The second-order valence-corrected chi connectivity index (χ2v) is 8.66. The second kappa shape index (κ2) is 8.57. The molecule has 2 heterocycles. The number of piperidine rings is 1. The summed E-state index contributed by atoms with van der Waals surface area (Å²) in [7, 11) is 0. The Kier molecular flexibility index (Phi) is 5.94. The zero-order chi connectivity index (χ0) is 18.6. The predicted molar refractivity (Wildman–Crippen MR) is 114 cm³/mol. The van der Waals surface area contributed by atoms with Crippen molar-refractivity contribution in [3.8, 4) is 0 Å². The van der Waals surface area contributed by atoms with Crippen molar-refractivity contribution < 1.29 is 4.79 Å². The molecule has 2 aliphatic rings. The summed E-state index contributed by atoms with van der Waals surface area (Å²) in [5.74, 6) is 1.04. The minimum absolute atomic E-state index is 0.283. The fourth-order valence-electron chi connectivity index (χ4n) is 4.29. The van der Waals surface area contributed by atoms with E-state index >= 15 is 0 Å². The molecule has 0 atom stereocenters. The number of nitrogens with zero attached hydrogens (tertiary/aromatic N) is 2. The number of para-hydroxylation sites is 1. The van der Waals surface area contributed by atoms with E-state index in [0.717, 1.165) is 50.4 Å². The van der Waals surface area contributed by atoms with E-state index in [1.54, 1.807) is 0 Å². The monoisotopic (exact) mass is 426 g/mol. The number of amides is 1. The van der Waals surface area contributed by atoms with Gasteiger partial charge in [-0.3, -0.25) is 4.79 Å². The molecule has 2 aliphatic heterocycles. The number of carbonyl (C=O) groups excluding carboxylic acids is 1. The molecular formula is C23H27BrN2O. The van der Waals surface area contributed by atoms with E-state index in [4.69, 9.17) is 0 Å². The molecule has 0 radical (unpaired) electrons. The number of carbonyl (C=O) groups is 1. The van der Waals surface area contributed by atoms with Crippen LogP contribution >= 0.6 is 15.9 Å². The lowest BCUT2D eigenvalue weighted by atomic mass is 9.91. The van der Waals surface area contributed by atoms with Crippen molar-refractivity contribution in [3.05, 3.63) is 64.1 Å². The molecule has 2 fully saturated rings. The van der Waals surface area contributed by atoms with Crippen LogP contribution in [-0.4, -0.2) is 37.0 Å². The molecule has 2 aromatic rings. The topological polar surface area (TPSA) is 23.6 Å². The van der Waals surface area contributed by atoms with Crippen LogP contribution in [0, 0.1) is 5.92 Å². The molecule has 142 valence electrons. The maximum absolute atomic E-state index is 12.3. The Balaban J connectivity index is 1.30. The smallest absolute Gasteiger partial charge is 0.226 e. The van der Waals surface area contributed by atoms with Gasteiger partial charge < -0.3 is 9.80 Å². The summed E-state index contributed by atoms with van der Waals surface area (Å²) < 4.78 is 1.23. The summed E-state index contributed by atoms with van der Waals surface area (Å²) in [5.41, 5.74) is 3.85.